The topological polar surface area (TPSA) is 569 Å². The van der Waals surface area contributed by atoms with Gasteiger partial charge in [-0.15, -0.1) is 0 Å². The molecule has 754 valence electrons. The largest absolute Gasteiger partial charge is 0.437 e. The van der Waals surface area contributed by atoms with Gasteiger partial charge >= 0.3 is 34.2 Å². The first-order valence-electron chi connectivity index (χ1n) is 42.1. The fourth-order valence-electron chi connectivity index (χ4n) is 6.74. The zero-order valence-electron chi connectivity index (χ0n) is 84.3. The molecule has 0 radical (unpaired) electrons. The van der Waals surface area contributed by atoms with E-state index in [1.165, 1.54) is 0 Å². The Morgan fingerprint density at radius 3 is 0.585 bits per heavy atom. The van der Waals surface area contributed by atoms with Crippen LogP contribution in [0.25, 0.3) is 0 Å². The monoisotopic (exact) mass is 1930 g/mol. The normalized spacial score (nSPS) is 11.4. The summed E-state index contributed by atoms with van der Waals surface area (Å²) in [5.41, 5.74) is 0.754. The van der Waals surface area contributed by atoms with Gasteiger partial charge in [-0.25, -0.2) is 0 Å². The Bertz CT molecular complexity index is 1310. The lowest BCUT2D eigenvalue weighted by Crippen LogP contribution is -2.71. The lowest BCUT2D eigenvalue weighted by molar-refractivity contribution is 0.0917. The summed E-state index contributed by atoms with van der Waals surface area (Å²) in [5.74, 6) is 0. The summed E-state index contributed by atoms with van der Waals surface area (Å²) in [7, 11) is -22.4. The first kappa shape index (κ1) is 180. The zero-order valence-corrected chi connectivity index (χ0v) is 94.6. The predicted octanol–water partition coefficient (Wildman–Crippen LogP) is 6.91. The Hall–Kier alpha value is 0.849. The second-order valence-corrected chi connectivity index (χ2v) is 68.9. The molecular formula is C75H216O33Si10. The summed E-state index contributed by atoms with van der Waals surface area (Å²) in [6.07, 6.45) is 3.12. The molecule has 0 amide bonds. The van der Waals surface area contributed by atoms with Crippen LogP contribution in [-0.2, 0) is 38.9 Å². The van der Waals surface area contributed by atoms with Crippen molar-refractivity contribution in [1.82, 2.24) is 0 Å². The summed E-state index contributed by atoms with van der Waals surface area (Å²) in [6, 6.07) is 1.62. The maximum Gasteiger partial charge on any atom is 0.325 e. The molecule has 24 N–H and O–H groups in total. The second kappa shape index (κ2) is 165. The molecule has 0 aromatic rings. The van der Waals surface area contributed by atoms with E-state index in [4.69, 9.17) is 151 Å². The second-order valence-electron chi connectivity index (χ2n) is 25.7. The first-order chi connectivity index (χ1) is 54.6. The fourth-order valence-corrected chi connectivity index (χ4v) is 65.0. The van der Waals surface area contributed by atoms with Crippen LogP contribution < -0.4 is 0 Å². The molecule has 0 aromatic carbocycles. The average molecular weight is 1930 g/mol. The van der Waals surface area contributed by atoms with E-state index >= 15 is 0 Å². The molecule has 0 saturated carbocycles. The summed E-state index contributed by atoms with van der Waals surface area (Å²) >= 11 is 0. The van der Waals surface area contributed by atoms with Crippen molar-refractivity contribution in [3.05, 3.63) is 0 Å². The van der Waals surface area contributed by atoms with Crippen molar-refractivity contribution in [2.45, 2.75) is 301 Å². The first-order valence-corrected chi connectivity index (χ1v) is 72.1. The van der Waals surface area contributed by atoms with E-state index in [0.29, 0.717) is 26.4 Å². The zero-order chi connectivity index (χ0) is 100. The number of ether oxygens (including phenoxy) is 2. The van der Waals surface area contributed by atoms with Crippen molar-refractivity contribution >= 4 is 84.1 Å². The molecule has 0 spiro atoms. The Morgan fingerprint density at radius 2 is 0.398 bits per heavy atom. The molecule has 0 fully saturated rings. The number of hydrogen-bond acceptors (Lipinski definition) is 33. The Kier molecular flexibility index (Phi) is 251. The van der Waals surface area contributed by atoms with Crippen LogP contribution in [0.4, 0.5) is 0 Å². The highest BCUT2D eigenvalue weighted by atomic mass is 29.3. The lowest BCUT2D eigenvalue weighted by Gasteiger charge is -2.50. The van der Waals surface area contributed by atoms with Gasteiger partial charge in [-0.05, 0) is 269 Å². The van der Waals surface area contributed by atoms with E-state index in [2.05, 4.69) is 118 Å². The Balaban J connectivity index is -0.0000000523. The molecule has 33 nitrogen and oxygen atoms in total. The molecule has 0 aliphatic carbocycles. The highest BCUT2D eigenvalue weighted by Gasteiger charge is 2.61. The quantitative estimate of drug-likeness (QED) is 0.0248. The Labute approximate surface area is 739 Å². The van der Waals surface area contributed by atoms with Gasteiger partial charge in [-0.2, -0.15) is 0 Å². The minimum absolute atomic E-state index is 0.00693. The maximum atomic E-state index is 9.36. The summed E-state index contributed by atoms with van der Waals surface area (Å²) < 4.78 is 61.9. The molecule has 43 heteroatoms. The van der Waals surface area contributed by atoms with E-state index in [1.807, 2.05) is 0 Å². The molecule has 0 bridgehead atoms. The molecule has 0 heterocycles. The van der Waals surface area contributed by atoms with Gasteiger partial charge in [0.05, 0.1) is 44.0 Å². The van der Waals surface area contributed by atoms with Crippen molar-refractivity contribution in [1.29, 1.82) is 0 Å². The number of hydrogen-bond donors (Lipinski definition) is 24. The van der Waals surface area contributed by atoms with Gasteiger partial charge in [0.25, 0.3) is 0 Å². The van der Waals surface area contributed by atoms with E-state index in [9.17, 15) is 10.2 Å². The number of aliphatic hydroxyl groups excluding tert-OH is 24. The van der Waals surface area contributed by atoms with Crippen LogP contribution in [-0.4, -0.2) is 404 Å². The van der Waals surface area contributed by atoms with Crippen LogP contribution in [0.15, 0.2) is 0 Å². The minimum Gasteiger partial charge on any atom is -0.437 e. The standard InChI is InChI=1S/C31H84O11Si10.22C2H6O/c1-43(2)29-36-50(16,42-49(15,27-19-23-34-25-21-32)40-47(11,12)38-45(5,6)7)31-52(18,37-30-44(3)4)51(17,28-20-24-35-26-22-33)41-48(13,14)39-46(8,9)10;22*1-2-3/h32-33,43-44H,19-31H2,1-18H3;22*3H,2H2,1H3. The predicted molar refractivity (Wildman–Crippen MR) is 523 cm³/mol. The van der Waals surface area contributed by atoms with Gasteiger partial charge in [-0.3, -0.25) is 0 Å². The van der Waals surface area contributed by atoms with Crippen LogP contribution in [0.2, 0.25) is 136 Å². The third-order valence-electron chi connectivity index (χ3n) is 8.04. The van der Waals surface area contributed by atoms with Crippen molar-refractivity contribution in [3.8, 4) is 0 Å². The van der Waals surface area contributed by atoms with E-state index in [-0.39, 0.29) is 159 Å². The number of rotatable bonds is 31. The van der Waals surface area contributed by atoms with Crippen LogP contribution in [0.5, 0.6) is 0 Å². The van der Waals surface area contributed by atoms with Gasteiger partial charge in [0.1, 0.15) is 0 Å². The molecule has 0 rings (SSSR count). The van der Waals surface area contributed by atoms with Crippen LogP contribution in [0.3, 0.4) is 0 Å². The summed E-state index contributed by atoms with van der Waals surface area (Å²) in [4.78, 5) is 0. The van der Waals surface area contributed by atoms with E-state index < -0.39 is 84.1 Å². The Morgan fingerprint density at radius 1 is 0.212 bits per heavy atom. The molecular weight excluding hydrogens is 1710 g/mol. The number of aliphatic hydroxyl groups is 24. The van der Waals surface area contributed by atoms with Crippen molar-refractivity contribution in [3.63, 3.8) is 0 Å². The molecule has 4 atom stereocenters. The fraction of sp³-hybridized carbons (Fsp3) is 1.00. The molecule has 118 heavy (non-hydrogen) atoms. The van der Waals surface area contributed by atoms with E-state index in [0.717, 1.165) is 43.1 Å². The van der Waals surface area contributed by atoms with Gasteiger partial charge in [0.15, 0.2) is 24.5 Å². The highest BCUT2D eigenvalue weighted by molar-refractivity contribution is 7.39. The van der Waals surface area contributed by atoms with Gasteiger partial charge < -0.3 is 161 Å². The summed E-state index contributed by atoms with van der Waals surface area (Å²) in [6.45, 7) is 85.0. The van der Waals surface area contributed by atoms with Gasteiger partial charge in [-0.1, -0.05) is 26.2 Å². The van der Waals surface area contributed by atoms with Crippen molar-refractivity contribution in [2.24, 2.45) is 0 Å². The SMILES string of the molecule is CCO.CCO.CCO.CCO.CCO.CCO.CCO.CCO.CCO.CCO.CCO.CCO.CCO.CCO.CCO.CCO.CCO.CCO.CCO.CCO.CCO.CCO.C[SiH](C)CO[Si](C)(C[Si](C)(OC[SiH](C)C)[Si](C)(CCCOCCO)O[Si](C)(C)O[Si](C)(C)C)O[Si](C)(CCCOCCO)O[Si](C)(C)O[Si](C)(C)C. The smallest absolute Gasteiger partial charge is 0.325 e. The van der Waals surface area contributed by atoms with Crippen LogP contribution >= 0.6 is 0 Å². The molecule has 0 saturated heterocycles. The maximum absolute atomic E-state index is 9.36. The van der Waals surface area contributed by atoms with E-state index in [1.54, 1.807) is 152 Å². The average Bonchev–Trinajstić information content (AvgIpc) is 0.757. The molecule has 0 aromatic heterocycles. The molecule has 0 aliphatic rings. The molecule has 4 unspecified atom stereocenters. The van der Waals surface area contributed by atoms with Gasteiger partial charge in [0, 0.05) is 177 Å². The molecule has 0 aliphatic heterocycles. The summed E-state index contributed by atoms with van der Waals surface area (Å²) in [5, 5.41) is 185. The third kappa shape index (κ3) is 288. The van der Waals surface area contributed by atoms with Crippen LogP contribution in [0, 0.1) is 0 Å². The van der Waals surface area contributed by atoms with Gasteiger partial charge in [0.2, 0.25) is 7.83 Å². The third-order valence-corrected chi connectivity index (χ3v) is 52.2. The minimum atomic E-state index is -2.99. The van der Waals surface area contributed by atoms with Crippen molar-refractivity contribution < 1.29 is 161 Å². The van der Waals surface area contributed by atoms with Crippen LogP contribution in [0.1, 0.15) is 165 Å². The lowest BCUT2D eigenvalue weighted by atomic mass is 10.5. The highest BCUT2D eigenvalue weighted by Crippen LogP contribution is 2.40. The van der Waals surface area contributed by atoms with Crippen molar-refractivity contribution in [2.75, 3.05) is 197 Å².